The quantitative estimate of drug-likeness (QED) is 0.858. The standard InChI is InChI=1S/C17H21ClN2O3/c1-4-22-17(21)20(3)10-15-12-9-19(2)8-7-11-13(18)5-6-14(23-15)16(11)12/h5-6H,4,7-10H2,1-3H3. The summed E-state index contributed by atoms with van der Waals surface area (Å²) in [5.74, 6) is 0.799. The van der Waals surface area contributed by atoms with Gasteiger partial charge in [0.05, 0.1) is 13.2 Å². The van der Waals surface area contributed by atoms with Crippen LogP contribution in [0.5, 0.6) is 0 Å². The molecule has 0 saturated heterocycles. The molecule has 1 aromatic heterocycles. The lowest BCUT2D eigenvalue weighted by molar-refractivity contribution is 0.111. The largest absolute Gasteiger partial charge is 0.459 e. The molecule has 0 atom stereocenters. The van der Waals surface area contributed by atoms with Gasteiger partial charge in [0, 0.05) is 36.1 Å². The minimum absolute atomic E-state index is 0.347. The third-order valence-electron chi connectivity index (χ3n) is 4.22. The van der Waals surface area contributed by atoms with Gasteiger partial charge in [-0.25, -0.2) is 4.79 Å². The number of hydrogen-bond acceptors (Lipinski definition) is 4. The Morgan fingerprint density at radius 3 is 2.96 bits per heavy atom. The molecule has 0 bridgehead atoms. The van der Waals surface area contributed by atoms with Crippen LogP contribution in [0.1, 0.15) is 23.8 Å². The summed E-state index contributed by atoms with van der Waals surface area (Å²) in [4.78, 5) is 15.6. The Bertz CT molecular complexity index is 741. The van der Waals surface area contributed by atoms with Gasteiger partial charge in [0.25, 0.3) is 0 Å². The van der Waals surface area contributed by atoms with Crippen molar-refractivity contribution < 1.29 is 13.9 Å². The monoisotopic (exact) mass is 336 g/mol. The molecule has 5 nitrogen and oxygen atoms in total. The Balaban J connectivity index is 2.03. The molecule has 0 saturated carbocycles. The van der Waals surface area contributed by atoms with Crippen LogP contribution >= 0.6 is 11.6 Å². The van der Waals surface area contributed by atoms with Crippen LogP contribution < -0.4 is 0 Å². The van der Waals surface area contributed by atoms with Crippen LogP contribution in [-0.2, 0) is 24.2 Å². The van der Waals surface area contributed by atoms with Gasteiger partial charge in [0.2, 0.25) is 0 Å². The minimum atomic E-state index is -0.347. The number of benzene rings is 1. The van der Waals surface area contributed by atoms with Crippen molar-refractivity contribution >= 4 is 28.7 Å². The van der Waals surface area contributed by atoms with E-state index in [0.717, 1.165) is 52.4 Å². The summed E-state index contributed by atoms with van der Waals surface area (Å²) in [5.41, 5.74) is 3.09. The number of carbonyl (C=O) groups excluding carboxylic acids is 1. The van der Waals surface area contributed by atoms with E-state index in [4.69, 9.17) is 20.8 Å². The molecule has 0 spiro atoms. The van der Waals surface area contributed by atoms with Gasteiger partial charge in [-0.15, -0.1) is 0 Å². The van der Waals surface area contributed by atoms with E-state index in [-0.39, 0.29) is 6.09 Å². The van der Waals surface area contributed by atoms with Crippen LogP contribution in [0, 0.1) is 0 Å². The van der Waals surface area contributed by atoms with Crippen molar-refractivity contribution in [3.05, 3.63) is 34.0 Å². The zero-order valence-electron chi connectivity index (χ0n) is 13.7. The number of halogens is 1. The van der Waals surface area contributed by atoms with Gasteiger partial charge < -0.3 is 19.0 Å². The second-order valence-corrected chi connectivity index (χ2v) is 6.35. The molecule has 0 fully saturated rings. The maximum Gasteiger partial charge on any atom is 0.409 e. The lowest BCUT2D eigenvalue weighted by Gasteiger charge is -2.17. The fourth-order valence-electron chi connectivity index (χ4n) is 3.06. The summed E-state index contributed by atoms with van der Waals surface area (Å²) in [6.45, 7) is 4.27. The summed E-state index contributed by atoms with van der Waals surface area (Å²) in [6.07, 6.45) is 0.548. The summed E-state index contributed by atoms with van der Waals surface area (Å²) < 4.78 is 11.1. The van der Waals surface area contributed by atoms with E-state index in [1.165, 1.54) is 4.90 Å². The van der Waals surface area contributed by atoms with Crippen LogP contribution in [0.2, 0.25) is 5.02 Å². The van der Waals surface area contributed by atoms with E-state index < -0.39 is 0 Å². The Morgan fingerprint density at radius 1 is 1.43 bits per heavy atom. The van der Waals surface area contributed by atoms with Crippen molar-refractivity contribution in [3.8, 4) is 0 Å². The van der Waals surface area contributed by atoms with Crippen LogP contribution in [0.4, 0.5) is 4.79 Å². The van der Waals surface area contributed by atoms with Crippen LogP contribution in [0.15, 0.2) is 16.5 Å². The summed E-state index contributed by atoms with van der Waals surface area (Å²) in [7, 11) is 3.80. The van der Waals surface area contributed by atoms with Gasteiger partial charge in [-0.2, -0.15) is 0 Å². The van der Waals surface area contributed by atoms with Gasteiger partial charge in [-0.1, -0.05) is 11.6 Å². The van der Waals surface area contributed by atoms with Gasteiger partial charge >= 0.3 is 6.09 Å². The predicted molar refractivity (Wildman–Crippen MR) is 89.8 cm³/mol. The number of rotatable bonds is 3. The number of carbonyl (C=O) groups is 1. The Hall–Kier alpha value is -1.72. The molecule has 1 aliphatic rings. The summed E-state index contributed by atoms with van der Waals surface area (Å²) >= 11 is 6.39. The van der Waals surface area contributed by atoms with E-state index in [2.05, 4.69) is 11.9 Å². The third-order valence-corrected chi connectivity index (χ3v) is 4.57. The van der Waals surface area contributed by atoms with Crippen molar-refractivity contribution in [1.29, 1.82) is 0 Å². The highest BCUT2D eigenvalue weighted by atomic mass is 35.5. The van der Waals surface area contributed by atoms with Crippen molar-refractivity contribution in [2.45, 2.75) is 26.4 Å². The first-order valence-corrected chi connectivity index (χ1v) is 8.17. The molecule has 124 valence electrons. The second kappa shape index (κ2) is 6.42. The topological polar surface area (TPSA) is 45.9 Å². The molecule has 23 heavy (non-hydrogen) atoms. The van der Waals surface area contributed by atoms with Crippen molar-refractivity contribution in [1.82, 2.24) is 9.80 Å². The molecule has 0 unspecified atom stereocenters. The molecule has 2 aromatic rings. The molecule has 0 N–H and O–H groups in total. The number of likely N-dealkylation sites (N-methyl/N-ethyl adjacent to an activating group) is 1. The molecule has 0 aliphatic carbocycles. The SMILES string of the molecule is CCOC(=O)N(C)Cc1oc2ccc(Cl)c3c2c1CN(C)CC3. The maximum absolute atomic E-state index is 11.9. The Kier molecular flexibility index (Phi) is 4.50. The van der Waals surface area contributed by atoms with E-state index in [9.17, 15) is 4.79 Å². The van der Waals surface area contributed by atoms with Crippen LogP contribution in [-0.4, -0.2) is 43.1 Å². The fraction of sp³-hybridized carbons (Fsp3) is 0.471. The number of nitrogens with zero attached hydrogens (tertiary/aromatic N) is 2. The highest BCUT2D eigenvalue weighted by molar-refractivity contribution is 6.32. The fourth-order valence-corrected chi connectivity index (χ4v) is 3.31. The molecule has 1 aliphatic heterocycles. The van der Waals surface area contributed by atoms with E-state index >= 15 is 0 Å². The number of amides is 1. The first-order chi connectivity index (χ1) is 11.0. The lowest BCUT2D eigenvalue weighted by atomic mass is 10.0. The zero-order valence-corrected chi connectivity index (χ0v) is 14.4. The smallest absolute Gasteiger partial charge is 0.409 e. The normalized spacial score (nSPS) is 14.8. The lowest BCUT2D eigenvalue weighted by Crippen LogP contribution is -2.27. The van der Waals surface area contributed by atoms with Gasteiger partial charge in [0.15, 0.2) is 0 Å². The Labute approximate surface area is 140 Å². The van der Waals surface area contributed by atoms with Crippen molar-refractivity contribution in [3.63, 3.8) is 0 Å². The highest BCUT2D eigenvalue weighted by Gasteiger charge is 2.24. The number of ether oxygens (including phenoxy) is 1. The molecule has 3 rings (SSSR count). The van der Waals surface area contributed by atoms with Gasteiger partial charge in [0.1, 0.15) is 11.3 Å². The van der Waals surface area contributed by atoms with Gasteiger partial charge in [-0.05, 0) is 38.1 Å². The molecule has 0 radical (unpaired) electrons. The van der Waals surface area contributed by atoms with E-state index in [1.807, 2.05) is 12.1 Å². The molecule has 1 aromatic carbocycles. The van der Waals surface area contributed by atoms with Crippen LogP contribution in [0.3, 0.4) is 0 Å². The van der Waals surface area contributed by atoms with E-state index in [1.54, 1.807) is 14.0 Å². The van der Waals surface area contributed by atoms with Crippen molar-refractivity contribution in [2.75, 3.05) is 27.2 Å². The molecule has 1 amide bonds. The van der Waals surface area contributed by atoms with Crippen molar-refractivity contribution in [2.24, 2.45) is 0 Å². The zero-order chi connectivity index (χ0) is 16.6. The average molecular weight is 337 g/mol. The first-order valence-electron chi connectivity index (χ1n) is 7.79. The Morgan fingerprint density at radius 2 is 2.22 bits per heavy atom. The molecular formula is C17H21ClN2O3. The first kappa shape index (κ1) is 16.1. The second-order valence-electron chi connectivity index (χ2n) is 5.95. The van der Waals surface area contributed by atoms with E-state index in [0.29, 0.717) is 13.2 Å². The number of hydrogen-bond donors (Lipinski definition) is 0. The molecule has 2 heterocycles. The molecular weight excluding hydrogens is 316 g/mol. The summed E-state index contributed by atoms with van der Waals surface area (Å²) in [5, 5.41) is 1.88. The maximum atomic E-state index is 11.9. The highest BCUT2D eigenvalue weighted by Crippen LogP contribution is 2.36. The third kappa shape index (κ3) is 3.03. The average Bonchev–Trinajstić information content (AvgIpc) is 2.73. The molecule has 6 heteroatoms. The predicted octanol–water partition coefficient (Wildman–Crippen LogP) is 3.66. The minimum Gasteiger partial charge on any atom is -0.459 e. The number of furan rings is 1. The van der Waals surface area contributed by atoms with Gasteiger partial charge in [-0.3, -0.25) is 0 Å². The summed E-state index contributed by atoms with van der Waals surface area (Å²) in [6, 6.07) is 3.79. The van der Waals surface area contributed by atoms with Crippen LogP contribution in [0.25, 0.3) is 11.0 Å².